The van der Waals surface area contributed by atoms with Crippen molar-refractivity contribution in [2.75, 3.05) is 13.2 Å². The molecule has 0 bridgehead atoms. The van der Waals surface area contributed by atoms with Crippen LogP contribution in [0.1, 0.15) is 35.2 Å². The summed E-state index contributed by atoms with van der Waals surface area (Å²) in [5, 5.41) is 3.98. The van der Waals surface area contributed by atoms with Crippen molar-refractivity contribution >= 4 is 29.1 Å². The number of para-hydroxylation sites is 1. The highest BCUT2D eigenvalue weighted by Crippen LogP contribution is 2.33. The Morgan fingerprint density at radius 2 is 2.03 bits per heavy atom. The van der Waals surface area contributed by atoms with E-state index in [2.05, 4.69) is 10.3 Å². The molecule has 4 rings (SSSR count). The first-order valence-electron chi connectivity index (χ1n) is 10.2. The van der Waals surface area contributed by atoms with E-state index in [1.165, 1.54) is 0 Å². The Labute approximate surface area is 175 Å². The molecule has 0 spiro atoms. The van der Waals surface area contributed by atoms with Gasteiger partial charge in [-0.3, -0.25) is 14.4 Å². The first kappa shape index (κ1) is 19.9. The van der Waals surface area contributed by atoms with Crippen LogP contribution in [0.2, 0.25) is 0 Å². The molecule has 6 heteroatoms. The van der Waals surface area contributed by atoms with E-state index in [4.69, 9.17) is 4.74 Å². The molecule has 6 nitrogen and oxygen atoms in total. The zero-order valence-corrected chi connectivity index (χ0v) is 17.2. The Hall–Kier alpha value is -3.41. The van der Waals surface area contributed by atoms with Crippen LogP contribution in [0, 0.1) is 6.92 Å². The number of amides is 1. The molecule has 1 aromatic heterocycles. The first-order valence-corrected chi connectivity index (χ1v) is 10.2. The zero-order chi connectivity index (χ0) is 21.1. The molecule has 0 fully saturated rings. The van der Waals surface area contributed by atoms with Crippen molar-refractivity contribution in [3.05, 3.63) is 70.9 Å². The van der Waals surface area contributed by atoms with Crippen molar-refractivity contribution < 1.29 is 14.3 Å². The number of ether oxygens (including phenoxy) is 1. The van der Waals surface area contributed by atoms with Crippen molar-refractivity contribution in [1.29, 1.82) is 0 Å². The molecule has 0 radical (unpaired) electrons. The smallest absolute Gasteiger partial charge is 0.326 e. The molecule has 1 N–H and O–H groups in total. The fraction of sp³-hybridized carbons (Fsp3) is 0.292. The molecule has 1 aliphatic rings. The van der Waals surface area contributed by atoms with E-state index >= 15 is 0 Å². The van der Waals surface area contributed by atoms with Gasteiger partial charge in [-0.15, -0.1) is 0 Å². The number of hydrogen-bond donors (Lipinski definition) is 1. The van der Waals surface area contributed by atoms with Gasteiger partial charge in [0.2, 0.25) is 0 Å². The third-order valence-electron chi connectivity index (χ3n) is 5.33. The lowest BCUT2D eigenvalue weighted by Crippen LogP contribution is -2.32. The highest BCUT2D eigenvalue weighted by Gasteiger charge is 2.32. The van der Waals surface area contributed by atoms with Crippen molar-refractivity contribution in [2.45, 2.75) is 32.7 Å². The molecule has 2 heterocycles. The van der Waals surface area contributed by atoms with Crippen LogP contribution in [0.5, 0.6) is 0 Å². The standard InChI is InChI=1S/C24H25N3O3/c1-3-30-23(28)20-15-25-12-11-19-18-9-4-5-10-21(18)27(22(19)20)24(29)26-14-17-8-6-7-16(2)13-17/h4-10,13,15,20H,3,11-12,14H2,1-2H3,(H,26,29). The minimum atomic E-state index is -0.709. The monoisotopic (exact) mass is 403 g/mol. The number of rotatable bonds is 4. The third kappa shape index (κ3) is 3.73. The van der Waals surface area contributed by atoms with E-state index in [1.54, 1.807) is 17.7 Å². The largest absolute Gasteiger partial charge is 0.465 e. The van der Waals surface area contributed by atoms with Crippen molar-refractivity contribution in [3.63, 3.8) is 0 Å². The van der Waals surface area contributed by atoms with E-state index in [1.807, 2.05) is 55.5 Å². The fourth-order valence-electron chi connectivity index (χ4n) is 4.05. The van der Waals surface area contributed by atoms with Crippen molar-refractivity contribution in [1.82, 2.24) is 9.88 Å². The lowest BCUT2D eigenvalue weighted by molar-refractivity contribution is -0.143. The Kier molecular flexibility index (Phi) is 5.65. The number of fused-ring (bicyclic) bond motifs is 3. The van der Waals surface area contributed by atoms with Gasteiger partial charge in [-0.25, -0.2) is 4.79 Å². The topological polar surface area (TPSA) is 72.7 Å². The van der Waals surface area contributed by atoms with Gasteiger partial charge in [-0.1, -0.05) is 48.0 Å². The number of aromatic nitrogens is 1. The van der Waals surface area contributed by atoms with E-state index < -0.39 is 5.92 Å². The third-order valence-corrected chi connectivity index (χ3v) is 5.33. The molecular formula is C24H25N3O3. The van der Waals surface area contributed by atoms with Crippen LogP contribution in [0.15, 0.2) is 53.5 Å². The summed E-state index contributed by atoms with van der Waals surface area (Å²) in [5.74, 6) is -1.10. The molecule has 30 heavy (non-hydrogen) atoms. The highest BCUT2D eigenvalue weighted by atomic mass is 16.5. The van der Waals surface area contributed by atoms with E-state index in [9.17, 15) is 9.59 Å². The minimum Gasteiger partial charge on any atom is -0.465 e. The second kappa shape index (κ2) is 8.53. The number of aliphatic imine (C=N–C) groups is 1. The quantitative estimate of drug-likeness (QED) is 0.670. The summed E-state index contributed by atoms with van der Waals surface area (Å²) in [7, 11) is 0. The first-order chi connectivity index (χ1) is 14.6. The van der Waals surface area contributed by atoms with Crippen LogP contribution in [0.3, 0.4) is 0 Å². The summed E-state index contributed by atoms with van der Waals surface area (Å²) >= 11 is 0. The lowest BCUT2D eigenvalue weighted by Gasteiger charge is -2.16. The molecule has 0 saturated carbocycles. The summed E-state index contributed by atoms with van der Waals surface area (Å²) in [5.41, 5.74) is 4.58. The molecule has 1 amide bonds. The predicted octanol–water partition coefficient (Wildman–Crippen LogP) is 3.98. The minimum absolute atomic E-state index is 0.265. The number of aryl methyl sites for hydroxylation is 1. The van der Waals surface area contributed by atoms with Crippen LogP contribution in [-0.4, -0.2) is 35.9 Å². The number of hydrogen-bond acceptors (Lipinski definition) is 4. The number of carbonyl (C=O) groups excluding carboxylic acids is 2. The maximum Gasteiger partial charge on any atom is 0.326 e. The Balaban J connectivity index is 1.77. The number of benzene rings is 2. The average Bonchev–Trinajstić information content (AvgIpc) is 2.90. The zero-order valence-electron chi connectivity index (χ0n) is 17.2. The van der Waals surface area contributed by atoms with Gasteiger partial charge >= 0.3 is 12.0 Å². The fourth-order valence-corrected chi connectivity index (χ4v) is 4.05. The van der Waals surface area contributed by atoms with Crippen LogP contribution >= 0.6 is 0 Å². The summed E-state index contributed by atoms with van der Waals surface area (Å²) in [4.78, 5) is 30.4. The molecule has 1 unspecified atom stereocenters. The predicted molar refractivity (Wildman–Crippen MR) is 117 cm³/mol. The molecule has 1 aliphatic heterocycles. The second-order valence-electron chi connectivity index (χ2n) is 7.40. The molecule has 0 aliphatic carbocycles. The van der Waals surface area contributed by atoms with Crippen molar-refractivity contribution in [3.8, 4) is 0 Å². The normalized spacial score (nSPS) is 15.5. The van der Waals surface area contributed by atoms with Crippen LogP contribution in [-0.2, 0) is 22.5 Å². The van der Waals surface area contributed by atoms with Gasteiger partial charge in [0.15, 0.2) is 0 Å². The molecular weight excluding hydrogens is 378 g/mol. The number of nitrogens with zero attached hydrogens (tertiary/aromatic N) is 2. The average molecular weight is 403 g/mol. The summed E-state index contributed by atoms with van der Waals surface area (Å²) in [6, 6.07) is 15.5. The SMILES string of the molecule is CCOC(=O)C1C=NCCc2c1n(C(=O)NCc1cccc(C)c1)c1ccccc21. The Morgan fingerprint density at radius 1 is 1.20 bits per heavy atom. The number of carbonyl (C=O) groups is 2. The van der Waals surface area contributed by atoms with Gasteiger partial charge in [-0.05, 0) is 37.5 Å². The van der Waals surface area contributed by atoms with Crippen LogP contribution in [0.25, 0.3) is 10.9 Å². The Morgan fingerprint density at radius 3 is 2.83 bits per heavy atom. The van der Waals surface area contributed by atoms with Gasteiger partial charge in [0.05, 0.1) is 17.8 Å². The second-order valence-corrected chi connectivity index (χ2v) is 7.40. The summed E-state index contributed by atoms with van der Waals surface area (Å²) < 4.78 is 6.92. The molecule has 154 valence electrons. The van der Waals surface area contributed by atoms with Crippen LogP contribution in [0.4, 0.5) is 4.79 Å². The van der Waals surface area contributed by atoms with Crippen molar-refractivity contribution in [2.24, 2.45) is 4.99 Å². The van der Waals surface area contributed by atoms with Gasteiger partial charge in [0, 0.05) is 24.7 Å². The van der Waals surface area contributed by atoms with Gasteiger partial charge in [0.25, 0.3) is 0 Å². The van der Waals surface area contributed by atoms with E-state index in [0.29, 0.717) is 25.2 Å². The van der Waals surface area contributed by atoms with Crippen LogP contribution < -0.4 is 5.32 Å². The van der Waals surface area contributed by atoms with E-state index in [0.717, 1.165) is 27.6 Å². The molecule has 1 atom stereocenters. The lowest BCUT2D eigenvalue weighted by atomic mass is 10.00. The van der Waals surface area contributed by atoms with Gasteiger partial charge < -0.3 is 10.1 Å². The van der Waals surface area contributed by atoms with Gasteiger partial charge in [0.1, 0.15) is 5.92 Å². The maximum atomic E-state index is 13.3. The van der Waals surface area contributed by atoms with E-state index in [-0.39, 0.29) is 18.6 Å². The molecule has 3 aromatic rings. The van der Waals surface area contributed by atoms with Gasteiger partial charge in [-0.2, -0.15) is 0 Å². The molecule has 2 aromatic carbocycles. The summed E-state index contributed by atoms with van der Waals surface area (Å²) in [6.45, 7) is 5.05. The maximum absolute atomic E-state index is 13.3. The number of esters is 1. The highest BCUT2D eigenvalue weighted by molar-refractivity contribution is 6.03. The summed E-state index contributed by atoms with van der Waals surface area (Å²) in [6.07, 6.45) is 2.29. The Bertz CT molecular complexity index is 1130. The number of nitrogens with one attached hydrogen (secondary N) is 1. The molecule has 0 saturated heterocycles.